The number of rotatable bonds is 2. The average molecular weight is 254 g/mol. The van der Waals surface area contributed by atoms with Crippen molar-refractivity contribution in [2.45, 2.75) is 6.54 Å². The van der Waals surface area contributed by atoms with Crippen LogP contribution in [0.3, 0.4) is 0 Å². The van der Waals surface area contributed by atoms with Gasteiger partial charge in [0.05, 0.1) is 0 Å². The summed E-state index contributed by atoms with van der Waals surface area (Å²) in [7, 11) is 0. The van der Waals surface area contributed by atoms with E-state index >= 15 is 0 Å². The van der Waals surface area contributed by atoms with E-state index in [0.717, 1.165) is 5.56 Å². The number of hydrogen-bond acceptors (Lipinski definition) is 1. The summed E-state index contributed by atoms with van der Waals surface area (Å²) in [6.07, 6.45) is 3.46. The molecule has 16 heavy (non-hydrogen) atoms. The lowest BCUT2D eigenvalue weighted by Crippen LogP contribution is -2.04. The van der Waals surface area contributed by atoms with Crippen molar-refractivity contribution >= 4 is 23.2 Å². The molecule has 0 unspecified atom stereocenters. The molecule has 0 saturated heterocycles. The van der Waals surface area contributed by atoms with Gasteiger partial charge in [-0.15, -0.1) is 0 Å². The van der Waals surface area contributed by atoms with Gasteiger partial charge in [0.2, 0.25) is 0 Å². The standard InChI is InChI=1S/C12H9Cl2NO/c13-10-2-1-9(12(14)7-10)8-15-5-3-11(16)4-6-15/h1-7H,8H2. The maximum Gasteiger partial charge on any atom is 0.181 e. The second-order valence-corrected chi connectivity index (χ2v) is 4.29. The van der Waals surface area contributed by atoms with E-state index in [-0.39, 0.29) is 5.43 Å². The van der Waals surface area contributed by atoms with E-state index < -0.39 is 0 Å². The third-order valence-electron chi connectivity index (χ3n) is 2.23. The highest BCUT2D eigenvalue weighted by Gasteiger charge is 2.01. The van der Waals surface area contributed by atoms with Crippen LogP contribution in [-0.2, 0) is 6.54 Å². The molecule has 1 heterocycles. The smallest absolute Gasteiger partial charge is 0.181 e. The normalized spacial score (nSPS) is 10.4. The Hall–Kier alpha value is -1.25. The predicted molar refractivity (Wildman–Crippen MR) is 66.3 cm³/mol. The SMILES string of the molecule is O=c1ccn(Cc2ccc(Cl)cc2Cl)cc1. The second-order valence-electron chi connectivity index (χ2n) is 3.44. The monoisotopic (exact) mass is 253 g/mol. The number of pyridine rings is 1. The fraction of sp³-hybridized carbons (Fsp3) is 0.0833. The van der Waals surface area contributed by atoms with Crippen LogP contribution < -0.4 is 5.43 Å². The summed E-state index contributed by atoms with van der Waals surface area (Å²) in [4.78, 5) is 10.9. The van der Waals surface area contributed by atoms with E-state index in [1.165, 1.54) is 12.1 Å². The molecule has 2 aromatic rings. The van der Waals surface area contributed by atoms with Gasteiger partial charge in [-0.3, -0.25) is 4.79 Å². The molecule has 82 valence electrons. The Morgan fingerprint density at radius 1 is 1.06 bits per heavy atom. The van der Waals surface area contributed by atoms with Crippen LogP contribution in [0.5, 0.6) is 0 Å². The lowest BCUT2D eigenvalue weighted by Gasteiger charge is -2.07. The summed E-state index contributed by atoms with van der Waals surface area (Å²) < 4.78 is 1.89. The summed E-state index contributed by atoms with van der Waals surface area (Å²) >= 11 is 11.9. The first kappa shape index (κ1) is 11.2. The van der Waals surface area contributed by atoms with E-state index in [1.54, 1.807) is 24.5 Å². The van der Waals surface area contributed by atoms with E-state index in [1.807, 2.05) is 10.6 Å². The zero-order valence-corrected chi connectivity index (χ0v) is 9.87. The van der Waals surface area contributed by atoms with Crippen LogP contribution in [0.15, 0.2) is 47.5 Å². The maximum atomic E-state index is 10.9. The van der Waals surface area contributed by atoms with Crippen LogP contribution in [0.4, 0.5) is 0 Å². The molecule has 0 atom stereocenters. The molecular formula is C12H9Cl2NO. The maximum absolute atomic E-state index is 10.9. The van der Waals surface area contributed by atoms with Crippen molar-refractivity contribution in [2.24, 2.45) is 0 Å². The molecular weight excluding hydrogens is 245 g/mol. The van der Waals surface area contributed by atoms with Gasteiger partial charge in [0.1, 0.15) is 0 Å². The minimum Gasteiger partial charge on any atom is -0.350 e. The molecule has 0 saturated carbocycles. The van der Waals surface area contributed by atoms with Crippen molar-refractivity contribution in [3.8, 4) is 0 Å². The van der Waals surface area contributed by atoms with E-state index in [2.05, 4.69) is 0 Å². The van der Waals surface area contributed by atoms with Gasteiger partial charge in [-0.1, -0.05) is 29.3 Å². The zero-order chi connectivity index (χ0) is 11.5. The van der Waals surface area contributed by atoms with Crippen LogP contribution in [0, 0.1) is 0 Å². The summed E-state index contributed by atoms with van der Waals surface area (Å²) in [5.41, 5.74) is 0.966. The molecule has 0 fully saturated rings. The Labute approximate surface area is 103 Å². The molecule has 4 heteroatoms. The fourth-order valence-electron chi connectivity index (χ4n) is 1.40. The molecule has 0 aliphatic rings. The average Bonchev–Trinajstić information content (AvgIpc) is 2.25. The highest BCUT2D eigenvalue weighted by molar-refractivity contribution is 6.35. The minimum absolute atomic E-state index is 0.00143. The summed E-state index contributed by atoms with van der Waals surface area (Å²) in [5.74, 6) is 0. The number of nitrogens with zero attached hydrogens (tertiary/aromatic N) is 1. The Morgan fingerprint density at radius 3 is 2.38 bits per heavy atom. The third kappa shape index (κ3) is 2.65. The minimum atomic E-state index is -0.00143. The Balaban J connectivity index is 2.27. The molecule has 0 amide bonds. The molecule has 0 aliphatic heterocycles. The van der Waals surface area contributed by atoms with Gasteiger partial charge in [0.15, 0.2) is 5.43 Å². The first-order valence-electron chi connectivity index (χ1n) is 4.75. The van der Waals surface area contributed by atoms with Crippen LogP contribution in [0.2, 0.25) is 10.0 Å². The lowest BCUT2D eigenvalue weighted by atomic mass is 10.2. The molecule has 1 aromatic heterocycles. The van der Waals surface area contributed by atoms with Gasteiger partial charge in [-0.25, -0.2) is 0 Å². The lowest BCUT2D eigenvalue weighted by molar-refractivity contribution is 0.789. The third-order valence-corrected chi connectivity index (χ3v) is 2.82. The van der Waals surface area contributed by atoms with Crippen LogP contribution >= 0.6 is 23.2 Å². The van der Waals surface area contributed by atoms with Crippen molar-refractivity contribution < 1.29 is 0 Å². The van der Waals surface area contributed by atoms with Crippen molar-refractivity contribution in [3.63, 3.8) is 0 Å². The van der Waals surface area contributed by atoms with Gasteiger partial charge >= 0.3 is 0 Å². The molecule has 0 radical (unpaired) electrons. The number of benzene rings is 1. The van der Waals surface area contributed by atoms with Gasteiger partial charge in [-0.2, -0.15) is 0 Å². The molecule has 0 N–H and O–H groups in total. The van der Waals surface area contributed by atoms with Crippen LogP contribution in [0.1, 0.15) is 5.56 Å². The van der Waals surface area contributed by atoms with Crippen molar-refractivity contribution in [1.82, 2.24) is 4.57 Å². The summed E-state index contributed by atoms with van der Waals surface area (Å²) in [6, 6.07) is 8.42. The van der Waals surface area contributed by atoms with Gasteiger partial charge in [0, 0.05) is 41.1 Å². The second kappa shape index (κ2) is 4.73. The first-order valence-corrected chi connectivity index (χ1v) is 5.51. The molecule has 2 nitrogen and oxygen atoms in total. The van der Waals surface area contributed by atoms with Gasteiger partial charge < -0.3 is 4.57 Å². The van der Waals surface area contributed by atoms with Crippen molar-refractivity contribution in [1.29, 1.82) is 0 Å². The number of aromatic nitrogens is 1. The Kier molecular flexibility index (Phi) is 3.32. The van der Waals surface area contributed by atoms with Gasteiger partial charge in [0.25, 0.3) is 0 Å². The predicted octanol–water partition coefficient (Wildman–Crippen LogP) is 3.20. The molecule has 2 rings (SSSR count). The summed E-state index contributed by atoms with van der Waals surface area (Å²) in [5, 5.41) is 1.25. The molecule has 1 aromatic carbocycles. The molecule has 0 aliphatic carbocycles. The molecule has 0 spiro atoms. The molecule has 0 bridgehead atoms. The van der Waals surface area contributed by atoms with E-state index in [0.29, 0.717) is 16.6 Å². The highest BCUT2D eigenvalue weighted by atomic mass is 35.5. The fourth-order valence-corrected chi connectivity index (χ4v) is 1.86. The quantitative estimate of drug-likeness (QED) is 0.806. The number of halogens is 2. The Bertz CT molecular complexity index is 543. The van der Waals surface area contributed by atoms with Crippen molar-refractivity contribution in [3.05, 3.63) is 68.6 Å². The Morgan fingerprint density at radius 2 is 1.75 bits per heavy atom. The van der Waals surface area contributed by atoms with Crippen LogP contribution in [0.25, 0.3) is 0 Å². The first-order chi connectivity index (χ1) is 7.65. The highest BCUT2D eigenvalue weighted by Crippen LogP contribution is 2.21. The largest absolute Gasteiger partial charge is 0.350 e. The van der Waals surface area contributed by atoms with E-state index in [4.69, 9.17) is 23.2 Å². The zero-order valence-electron chi connectivity index (χ0n) is 8.36. The number of hydrogen-bond donors (Lipinski definition) is 0. The topological polar surface area (TPSA) is 22.0 Å². The van der Waals surface area contributed by atoms with E-state index in [9.17, 15) is 4.79 Å². The van der Waals surface area contributed by atoms with Gasteiger partial charge in [-0.05, 0) is 17.7 Å². The van der Waals surface area contributed by atoms with Crippen molar-refractivity contribution in [2.75, 3.05) is 0 Å². The van der Waals surface area contributed by atoms with Crippen LogP contribution in [-0.4, -0.2) is 4.57 Å². The summed E-state index contributed by atoms with van der Waals surface area (Å²) in [6.45, 7) is 0.621.